The van der Waals surface area contributed by atoms with E-state index in [1.807, 2.05) is 18.2 Å². The highest BCUT2D eigenvalue weighted by atomic mass is 32.2. The Morgan fingerprint density at radius 3 is 2.74 bits per heavy atom. The van der Waals surface area contributed by atoms with Crippen LogP contribution in [0.25, 0.3) is 6.08 Å². The van der Waals surface area contributed by atoms with Crippen LogP contribution in [0.1, 0.15) is 5.56 Å². The summed E-state index contributed by atoms with van der Waals surface area (Å²) in [5.74, 6) is 1.15. The fraction of sp³-hybridized carbons (Fsp3) is 0.375. The predicted molar refractivity (Wildman–Crippen MR) is 89.9 cm³/mol. The smallest absolute Gasteiger partial charge is 0.286 e. The van der Waals surface area contributed by atoms with Crippen molar-refractivity contribution in [3.05, 3.63) is 28.7 Å². The zero-order chi connectivity index (χ0) is 16.2. The minimum absolute atomic E-state index is 0.214. The Balaban J connectivity index is 1.80. The molecule has 1 amide bonds. The fourth-order valence-electron chi connectivity index (χ4n) is 2.37. The van der Waals surface area contributed by atoms with E-state index >= 15 is 0 Å². The van der Waals surface area contributed by atoms with Crippen molar-refractivity contribution in [1.29, 1.82) is 0 Å². The number of nitrogens with zero attached hydrogens (tertiary/aromatic N) is 2. The number of rotatable bonds is 3. The van der Waals surface area contributed by atoms with Gasteiger partial charge in [-0.2, -0.15) is 4.99 Å². The standard InChI is InChI=1S/C16H18N2O4S/c1-20-12-4-3-11(13(10-12)21-2)9-14-15(19)17-16(23-14)18-5-7-22-8-6-18/h3-4,9-10H,5-8H2,1-2H3/b14-9+. The van der Waals surface area contributed by atoms with Gasteiger partial charge in [-0.15, -0.1) is 0 Å². The maximum atomic E-state index is 12.2. The van der Waals surface area contributed by atoms with Crippen LogP contribution in [-0.2, 0) is 9.53 Å². The van der Waals surface area contributed by atoms with E-state index in [0.717, 1.165) is 23.8 Å². The molecule has 7 heteroatoms. The number of thioether (sulfide) groups is 1. The minimum Gasteiger partial charge on any atom is -0.497 e. The first-order valence-corrected chi connectivity index (χ1v) is 8.10. The molecule has 122 valence electrons. The molecule has 0 radical (unpaired) electrons. The highest BCUT2D eigenvalue weighted by Crippen LogP contribution is 2.33. The number of hydrogen-bond acceptors (Lipinski definition) is 6. The molecule has 0 bridgehead atoms. The predicted octanol–water partition coefficient (Wildman–Crippen LogP) is 2.01. The van der Waals surface area contributed by atoms with Gasteiger partial charge < -0.3 is 19.1 Å². The molecule has 0 aromatic heterocycles. The third kappa shape index (κ3) is 3.51. The molecule has 0 aliphatic carbocycles. The molecule has 23 heavy (non-hydrogen) atoms. The molecule has 0 saturated carbocycles. The van der Waals surface area contributed by atoms with E-state index < -0.39 is 0 Å². The number of morpholine rings is 1. The van der Waals surface area contributed by atoms with Crippen molar-refractivity contribution in [2.24, 2.45) is 4.99 Å². The van der Waals surface area contributed by atoms with Crippen molar-refractivity contribution < 1.29 is 19.0 Å². The number of methoxy groups -OCH3 is 2. The first-order chi connectivity index (χ1) is 11.2. The molecule has 2 aliphatic rings. The van der Waals surface area contributed by atoms with Crippen LogP contribution in [0, 0.1) is 0 Å². The first-order valence-electron chi connectivity index (χ1n) is 7.28. The third-order valence-electron chi connectivity index (χ3n) is 3.62. The fourth-order valence-corrected chi connectivity index (χ4v) is 3.32. The molecule has 0 unspecified atom stereocenters. The number of carbonyl (C=O) groups excluding carboxylic acids is 1. The second-order valence-electron chi connectivity index (χ2n) is 5.02. The maximum Gasteiger partial charge on any atom is 0.286 e. The lowest BCUT2D eigenvalue weighted by Crippen LogP contribution is -2.38. The quantitative estimate of drug-likeness (QED) is 0.788. The molecule has 1 aromatic rings. The molecule has 1 fully saturated rings. The van der Waals surface area contributed by atoms with Crippen molar-refractivity contribution in [3.63, 3.8) is 0 Å². The Morgan fingerprint density at radius 2 is 2.04 bits per heavy atom. The van der Waals surface area contributed by atoms with E-state index in [9.17, 15) is 4.79 Å². The van der Waals surface area contributed by atoms with Crippen LogP contribution < -0.4 is 9.47 Å². The molecular formula is C16H18N2O4S. The second kappa shape index (κ2) is 7.06. The number of carbonyl (C=O) groups is 1. The summed E-state index contributed by atoms with van der Waals surface area (Å²) in [6.07, 6.45) is 1.81. The van der Waals surface area contributed by atoms with E-state index in [0.29, 0.717) is 29.6 Å². The lowest BCUT2D eigenvalue weighted by atomic mass is 10.1. The van der Waals surface area contributed by atoms with Gasteiger partial charge in [0.15, 0.2) is 5.17 Å². The average Bonchev–Trinajstić information content (AvgIpc) is 2.97. The van der Waals surface area contributed by atoms with E-state index in [4.69, 9.17) is 14.2 Å². The van der Waals surface area contributed by atoms with Gasteiger partial charge in [-0.05, 0) is 30.0 Å². The van der Waals surface area contributed by atoms with E-state index in [1.165, 1.54) is 11.8 Å². The van der Waals surface area contributed by atoms with Gasteiger partial charge in [0, 0.05) is 24.7 Å². The molecule has 0 atom stereocenters. The zero-order valence-corrected chi connectivity index (χ0v) is 13.9. The molecule has 1 aromatic carbocycles. The van der Waals surface area contributed by atoms with Gasteiger partial charge in [0.2, 0.25) is 0 Å². The summed E-state index contributed by atoms with van der Waals surface area (Å²) in [6.45, 7) is 2.86. The number of amides is 1. The van der Waals surface area contributed by atoms with Gasteiger partial charge in [-0.1, -0.05) is 0 Å². The summed E-state index contributed by atoms with van der Waals surface area (Å²) in [5.41, 5.74) is 0.822. The molecule has 6 nitrogen and oxygen atoms in total. The Bertz CT molecular complexity index is 666. The van der Waals surface area contributed by atoms with Crippen molar-refractivity contribution in [3.8, 4) is 11.5 Å². The van der Waals surface area contributed by atoms with Crippen molar-refractivity contribution in [2.45, 2.75) is 0 Å². The Morgan fingerprint density at radius 1 is 1.26 bits per heavy atom. The van der Waals surface area contributed by atoms with Crippen LogP contribution in [0.3, 0.4) is 0 Å². The van der Waals surface area contributed by atoms with Crippen LogP contribution in [0.15, 0.2) is 28.1 Å². The third-order valence-corrected chi connectivity index (χ3v) is 4.66. The SMILES string of the molecule is COc1ccc(/C=C2/SC(N3CCOCC3)=NC2=O)c(OC)c1. The van der Waals surface area contributed by atoms with Crippen molar-refractivity contribution in [1.82, 2.24) is 4.90 Å². The summed E-state index contributed by atoms with van der Waals surface area (Å²) in [5, 5.41) is 0.747. The summed E-state index contributed by atoms with van der Waals surface area (Å²) >= 11 is 1.39. The molecule has 2 heterocycles. The van der Waals surface area contributed by atoms with Gasteiger partial charge in [0.1, 0.15) is 11.5 Å². The molecular weight excluding hydrogens is 316 g/mol. The molecule has 0 spiro atoms. The number of amidine groups is 1. The number of aliphatic imine (C=N–C) groups is 1. The van der Waals surface area contributed by atoms with Crippen LogP contribution in [0.4, 0.5) is 0 Å². The highest BCUT2D eigenvalue weighted by Gasteiger charge is 2.27. The monoisotopic (exact) mass is 334 g/mol. The van der Waals surface area contributed by atoms with Gasteiger partial charge in [-0.3, -0.25) is 4.79 Å². The van der Waals surface area contributed by atoms with Crippen molar-refractivity contribution in [2.75, 3.05) is 40.5 Å². The lowest BCUT2D eigenvalue weighted by Gasteiger charge is -2.27. The van der Waals surface area contributed by atoms with Gasteiger partial charge >= 0.3 is 0 Å². The summed E-state index contributed by atoms with van der Waals surface area (Å²) < 4.78 is 15.9. The summed E-state index contributed by atoms with van der Waals surface area (Å²) in [6, 6.07) is 5.49. The molecule has 3 rings (SSSR count). The average molecular weight is 334 g/mol. The normalized spacial score (nSPS) is 19.9. The Kier molecular flexibility index (Phi) is 4.88. The Hall–Kier alpha value is -1.99. The van der Waals surface area contributed by atoms with Gasteiger partial charge in [0.25, 0.3) is 5.91 Å². The van der Waals surface area contributed by atoms with E-state index in [1.54, 1.807) is 20.3 Å². The number of benzene rings is 1. The Labute approximate surface area is 139 Å². The minimum atomic E-state index is -0.214. The zero-order valence-electron chi connectivity index (χ0n) is 13.1. The lowest BCUT2D eigenvalue weighted by molar-refractivity contribution is -0.113. The van der Waals surface area contributed by atoms with E-state index in [2.05, 4.69) is 9.89 Å². The highest BCUT2D eigenvalue weighted by molar-refractivity contribution is 8.18. The number of ether oxygens (including phenoxy) is 3. The summed E-state index contributed by atoms with van der Waals surface area (Å²) in [7, 11) is 3.20. The second-order valence-corrected chi connectivity index (χ2v) is 6.03. The van der Waals surface area contributed by atoms with Gasteiger partial charge in [-0.25, -0.2) is 0 Å². The van der Waals surface area contributed by atoms with Crippen molar-refractivity contribution >= 4 is 28.9 Å². The molecule has 1 saturated heterocycles. The van der Waals surface area contributed by atoms with E-state index in [-0.39, 0.29) is 5.91 Å². The number of hydrogen-bond donors (Lipinski definition) is 0. The molecule has 0 N–H and O–H groups in total. The maximum absolute atomic E-state index is 12.2. The van der Waals surface area contributed by atoms with Crippen LogP contribution in [0.5, 0.6) is 11.5 Å². The largest absolute Gasteiger partial charge is 0.497 e. The van der Waals surface area contributed by atoms with Crippen LogP contribution >= 0.6 is 11.8 Å². The van der Waals surface area contributed by atoms with Crippen LogP contribution in [0.2, 0.25) is 0 Å². The summed E-state index contributed by atoms with van der Waals surface area (Å²) in [4.78, 5) is 19.0. The topological polar surface area (TPSA) is 60.4 Å². The first kappa shape index (κ1) is 15.9. The van der Waals surface area contributed by atoms with Gasteiger partial charge in [0.05, 0.1) is 32.3 Å². The molecule has 2 aliphatic heterocycles. The van der Waals surface area contributed by atoms with Crippen LogP contribution in [-0.4, -0.2) is 56.5 Å².